The van der Waals surface area contributed by atoms with Crippen molar-refractivity contribution < 1.29 is 32.2 Å². The predicted molar refractivity (Wildman–Crippen MR) is 125 cm³/mol. The Kier molecular flexibility index (Phi) is 8.43. The fourth-order valence-corrected chi connectivity index (χ4v) is 4.57. The molecule has 0 bridgehead atoms. The highest BCUT2D eigenvalue weighted by Crippen LogP contribution is 2.29. The molecular formula is C25H31F3N4O4. The van der Waals surface area contributed by atoms with E-state index in [9.17, 15) is 18.0 Å². The third-order valence-corrected chi connectivity index (χ3v) is 6.74. The van der Waals surface area contributed by atoms with E-state index >= 15 is 0 Å². The summed E-state index contributed by atoms with van der Waals surface area (Å²) in [4.78, 5) is 23.3. The number of piperidine rings is 1. The number of hydrogen-bond acceptors (Lipinski definition) is 7. The molecule has 2 unspecified atom stereocenters. The van der Waals surface area contributed by atoms with Crippen molar-refractivity contribution >= 4 is 5.91 Å². The molecule has 1 aromatic heterocycles. The van der Waals surface area contributed by atoms with Crippen molar-refractivity contribution in [2.75, 3.05) is 33.4 Å². The van der Waals surface area contributed by atoms with Crippen molar-refractivity contribution in [3.05, 3.63) is 53.0 Å². The smallest absolute Gasteiger partial charge is 0.416 e. The van der Waals surface area contributed by atoms with E-state index in [4.69, 9.17) is 14.2 Å². The molecule has 1 amide bonds. The van der Waals surface area contributed by atoms with Crippen LogP contribution in [0, 0.1) is 6.92 Å². The molecule has 2 aliphatic heterocycles. The maximum absolute atomic E-state index is 13.2. The summed E-state index contributed by atoms with van der Waals surface area (Å²) in [7, 11) is 1.70. The predicted octanol–water partition coefficient (Wildman–Crippen LogP) is 3.38. The lowest BCUT2D eigenvalue weighted by atomic mass is 9.99. The molecule has 2 atom stereocenters. The summed E-state index contributed by atoms with van der Waals surface area (Å²) >= 11 is 0. The largest absolute Gasteiger partial charge is 0.473 e. The second-order valence-electron chi connectivity index (χ2n) is 9.11. The summed E-state index contributed by atoms with van der Waals surface area (Å²) in [5, 5.41) is 3.67. The fraction of sp³-hybridized carbons (Fsp3) is 0.560. The van der Waals surface area contributed by atoms with E-state index < -0.39 is 11.7 Å². The number of hydrogen-bond donors (Lipinski definition) is 1. The highest BCUT2D eigenvalue weighted by molar-refractivity contribution is 5.94. The van der Waals surface area contributed by atoms with Crippen LogP contribution in [0.1, 0.15) is 46.4 Å². The highest BCUT2D eigenvalue weighted by atomic mass is 19.4. The van der Waals surface area contributed by atoms with Crippen molar-refractivity contribution in [1.29, 1.82) is 0 Å². The number of likely N-dealkylation sites (tertiary alicyclic amines) is 1. The maximum atomic E-state index is 13.2. The average Bonchev–Trinajstić information content (AvgIpc) is 2.88. The molecule has 36 heavy (non-hydrogen) atoms. The van der Waals surface area contributed by atoms with Crippen molar-refractivity contribution in [2.45, 2.75) is 57.2 Å². The lowest BCUT2D eigenvalue weighted by Gasteiger charge is -2.38. The van der Waals surface area contributed by atoms with Gasteiger partial charge in [0.25, 0.3) is 5.91 Å². The molecule has 1 aromatic carbocycles. The number of carbonyl (C=O) groups is 1. The van der Waals surface area contributed by atoms with E-state index in [1.807, 2.05) is 0 Å². The first-order valence-corrected chi connectivity index (χ1v) is 12.0. The van der Waals surface area contributed by atoms with E-state index in [1.54, 1.807) is 18.9 Å². The lowest BCUT2D eigenvalue weighted by molar-refractivity contribution is -0.137. The number of alkyl halides is 3. The molecule has 0 aliphatic carbocycles. The quantitative estimate of drug-likeness (QED) is 0.614. The first-order valence-electron chi connectivity index (χ1n) is 12.0. The number of methoxy groups -OCH3 is 1. The summed E-state index contributed by atoms with van der Waals surface area (Å²) in [6, 6.07) is 5.28. The van der Waals surface area contributed by atoms with Crippen LogP contribution in [0.25, 0.3) is 0 Å². The van der Waals surface area contributed by atoms with Gasteiger partial charge in [0, 0.05) is 44.5 Å². The summed E-state index contributed by atoms with van der Waals surface area (Å²) in [6.07, 6.45) is -0.552. The molecule has 2 aliphatic rings. The normalized spacial score (nSPS) is 21.4. The number of benzene rings is 1. The Hall–Kier alpha value is -2.76. The summed E-state index contributed by atoms with van der Waals surface area (Å²) in [5.41, 5.74) is 0.605. The van der Waals surface area contributed by atoms with Crippen LogP contribution in [0.4, 0.5) is 13.2 Å². The van der Waals surface area contributed by atoms with Crippen LogP contribution < -0.4 is 10.1 Å². The van der Waals surface area contributed by atoms with Crippen LogP contribution in [0.3, 0.4) is 0 Å². The first kappa shape index (κ1) is 26.3. The monoisotopic (exact) mass is 508 g/mol. The third kappa shape index (κ3) is 6.32. The van der Waals surface area contributed by atoms with E-state index in [0.29, 0.717) is 43.5 Å². The van der Waals surface area contributed by atoms with Gasteiger partial charge < -0.3 is 24.4 Å². The third-order valence-electron chi connectivity index (χ3n) is 6.74. The SMILES string of the molecule is COC1COCCC1NC1CCN(C(=O)c2ncnc(OCc3ccc(C(F)(F)F)cc3)c2C)CC1. The van der Waals surface area contributed by atoms with Gasteiger partial charge in [-0.25, -0.2) is 9.97 Å². The Balaban J connectivity index is 1.32. The minimum absolute atomic E-state index is 0.0232. The number of rotatable bonds is 7. The van der Waals surface area contributed by atoms with Gasteiger partial charge in [-0.15, -0.1) is 0 Å². The molecule has 8 nitrogen and oxygen atoms in total. The van der Waals surface area contributed by atoms with E-state index in [2.05, 4.69) is 15.3 Å². The molecule has 0 saturated carbocycles. The maximum Gasteiger partial charge on any atom is 0.416 e. The van der Waals surface area contributed by atoms with E-state index in [1.165, 1.54) is 18.5 Å². The Bertz CT molecular complexity index is 1030. The molecule has 2 aromatic rings. The number of carbonyl (C=O) groups excluding carboxylic acids is 1. The van der Waals surface area contributed by atoms with Gasteiger partial charge in [-0.2, -0.15) is 13.2 Å². The Morgan fingerprint density at radius 2 is 1.89 bits per heavy atom. The molecule has 2 saturated heterocycles. The van der Waals surface area contributed by atoms with Crippen LogP contribution in [0.5, 0.6) is 5.88 Å². The number of nitrogens with one attached hydrogen (secondary N) is 1. The Morgan fingerprint density at radius 3 is 2.56 bits per heavy atom. The molecule has 196 valence electrons. The number of nitrogens with zero attached hydrogens (tertiary/aromatic N) is 3. The van der Waals surface area contributed by atoms with Gasteiger partial charge in [0.1, 0.15) is 18.6 Å². The molecule has 1 N–H and O–H groups in total. The number of aromatic nitrogens is 2. The van der Waals surface area contributed by atoms with Gasteiger partial charge in [-0.05, 0) is 43.9 Å². The van der Waals surface area contributed by atoms with Gasteiger partial charge in [-0.3, -0.25) is 4.79 Å². The van der Waals surface area contributed by atoms with Crippen molar-refractivity contribution in [1.82, 2.24) is 20.2 Å². The molecular weight excluding hydrogens is 477 g/mol. The zero-order valence-electron chi connectivity index (χ0n) is 20.4. The second-order valence-corrected chi connectivity index (χ2v) is 9.11. The topological polar surface area (TPSA) is 85.8 Å². The first-order chi connectivity index (χ1) is 17.3. The van der Waals surface area contributed by atoms with E-state index in [0.717, 1.165) is 31.4 Å². The van der Waals surface area contributed by atoms with Gasteiger partial charge in [0.15, 0.2) is 0 Å². The number of amides is 1. The van der Waals surface area contributed by atoms with Crippen LogP contribution in [0.2, 0.25) is 0 Å². The molecule has 4 rings (SSSR count). The van der Waals surface area contributed by atoms with E-state index in [-0.39, 0.29) is 36.2 Å². The summed E-state index contributed by atoms with van der Waals surface area (Å²) in [5.74, 6) is 0.0449. The van der Waals surface area contributed by atoms with Gasteiger partial charge in [0.05, 0.1) is 18.3 Å². The molecule has 0 radical (unpaired) electrons. The lowest BCUT2D eigenvalue weighted by Crippen LogP contribution is -2.54. The molecule has 3 heterocycles. The summed E-state index contributed by atoms with van der Waals surface area (Å²) < 4.78 is 55.0. The highest BCUT2D eigenvalue weighted by Gasteiger charge is 2.32. The number of halogens is 3. The van der Waals surface area contributed by atoms with Crippen LogP contribution in [0.15, 0.2) is 30.6 Å². The van der Waals surface area contributed by atoms with Crippen LogP contribution in [-0.4, -0.2) is 72.4 Å². The Morgan fingerprint density at radius 1 is 1.17 bits per heavy atom. The van der Waals surface area contributed by atoms with Gasteiger partial charge in [0.2, 0.25) is 5.88 Å². The van der Waals surface area contributed by atoms with Crippen LogP contribution in [-0.2, 0) is 22.3 Å². The second kappa shape index (κ2) is 11.5. The molecule has 2 fully saturated rings. The minimum atomic E-state index is -4.39. The average molecular weight is 509 g/mol. The zero-order valence-corrected chi connectivity index (χ0v) is 20.4. The fourth-order valence-electron chi connectivity index (χ4n) is 4.57. The van der Waals surface area contributed by atoms with Crippen LogP contribution >= 0.6 is 0 Å². The minimum Gasteiger partial charge on any atom is -0.473 e. The van der Waals surface area contributed by atoms with Crippen molar-refractivity contribution in [3.63, 3.8) is 0 Å². The molecule has 11 heteroatoms. The number of ether oxygens (including phenoxy) is 3. The van der Waals surface area contributed by atoms with Gasteiger partial charge in [-0.1, -0.05) is 12.1 Å². The summed E-state index contributed by atoms with van der Waals surface area (Å²) in [6.45, 7) is 4.23. The Labute approximate surface area is 208 Å². The standard InChI is InChI=1S/C25H31F3N4O4/c1-16-22(29-15-30-23(16)36-13-17-3-5-18(6-4-17)25(26,27)28)24(33)32-10-7-19(8-11-32)31-20-9-12-35-14-21(20)34-2/h3-6,15,19-21,31H,7-14H2,1-2H3. The van der Waals surface area contributed by atoms with Gasteiger partial charge >= 0.3 is 6.18 Å². The zero-order chi connectivity index (χ0) is 25.7. The molecule has 0 spiro atoms. The van der Waals surface area contributed by atoms with Crippen molar-refractivity contribution in [2.24, 2.45) is 0 Å². The van der Waals surface area contributed by atoms with Crippen molar-refractivity contribution in [3.8, 4) is 5.88 Å².